The summed E-state index contributed by atoms with van der Waals surface area (Å²) in [6.45, 7) is 7.41. The number of hydrogen-bond donors (Lipinski definition) is 1. The van der Waals surface area contributed by atoms with Crippen molar-refractivity contribution in [2.24, 2.45) is 5.92 Å². The quantitative estimate of drug-likeness (QED) is 0.700. The maximum atomic E-state index is 6.20. The first-order chi connectivity index (χ1) is 9.83. The summed E-state index contributed by atoms with van der Waals surface area (Å²) in [5, 5.41) is 3.46. The summed E-state index contributed by atoms with van der Waals surface area (Å²) < 4.78 is 6.20. The molecule has 20 heavy (non-hydrogen) atoms. The molecule has 0 aliphatic heterocycles. The monoisotopic (exact) mass is 295 g/mol. The highest BCUT2D eigenvalue weighted by Gasteiger charge is 2.24. The zero-order chi connectivity index (χ0) is 14.2. The largest absolute Gasteiger partial charge is 0.372 e. The van der Waals surface area contributed by atoms with Crippen molar-refractivity contribution in [3.63, 3.8) is 0 Å². The van der Waals surface area contributed by atoms with Crippen LogP contribution in [0.2, 0.25) is 0 Å². The Morgan fingerprint density at radius 3 is 2.80 bits per heavy atom. The Balaban J connectivity index is 1.75. The van der Waals surface area contributed by atoms with E-state index in [0.717, 1.165) is 25.6 Å². The van der Waals surface area contributed by atoms with E-state index in [2.05, 4.69) is 31.3 Å². The summed E-state index contributed by atoms with van der Waals surface area (Å²) in [4.78, 5) is 2.80. The molecule has 0 radical (unpaired) electrons. The highest BCUT2D eigenvalue weighted by Crippen LogP contribution is 2.30. The highest BCUT2D eigenvalue weighted by atomic mass is 32.1. The molecule has 1 saturated carbocycles. The number of hydrogen-bond acceptors (Lipinski definition) is 3. The molecule has 0 spiro atoms. The Kier molecular flexibility index (Phi) is 7.05. The molecule has 1 heterocycles. The Hall–Kier alpha value is -0.380. The van der Waals surface area contributed by atoms with E-state index in [0.29, 0.717) is 6.10 Å². The van der Waals surface area contributed by atoms with Gasteiger partial charge in [-0.2, -0.15) is 0 Å². The Morgan fingerprint density at radius 1 is 1.20 bits per heavy atom. The van der Waals surface area contributed by atoms with Crippen LogP contribution in [0.25, 0.3) is 0 Å². The molecule has 2 unspecified atom stereocenters. The molecule has 0 bridgehead atoms. The van der Waals surface area contributed by atoms with Crippen LogP contribution in [-0.4, -0.2) is 12.6 Å². The maximum absolute atomic E-state index is 6.20. The molecule has 1 aromatic rings. The van der Waals surface area contributed by atoms with E-state index in [9.17, 15) is 0 Å². The van der Waals surface area contributed by atoms with Crippen LogP contribution in [0.5, 0.6) is 0 Å². The zero-order valence-electron chi connectivity index (χ0n) is 13.0. The summed E-state index contributed by atoms with van der Waals surface area (Å²) in [6, 6.07) is 4.47. The van der Waals surface area contributed by atoms with Gasteiger partial charge in [-0.3, -0.25) is 0 Å². The first kappa shape index (κ1) is 16.0. The van der Waals surface area contributed by atoms with E-state index in [-0.39, 0.29) is 0 Å². The molecule has 2 atom stereocenters. The van der Waals surface area contributed by atoms with Crippen LogP contribution in [0.3, 0.4) is 0 Å². The van der Waals surface area contributed by atoms with Crippen LogP contribution in [-0.2, 0) is 17.9 Å². The molecule has 0 amide bonds. The lowest BCUT2D eigenvalue weighted by molar-refractivity contribution is -0.0211. The molecular formula is C17H29NOS. The number of rotatable bonds is 8. The molecule has 2 rings (SSSR count). The van der Waals surface area contributed by atoms with Crippen LogP contribution in [0.4, 0.5) is 0 Å². The second kappa shape index (κ2) is 8.81. The molecule has 1 aliphatic carbocycles. The van der Waals surface area contributed by atoms with Crippen LogP contribution in [0.15, 0.2) is 12.1 Å². The van der Waals surface area contributed by atoms with E-state index in [4.69, 9.17) is 4.74 Å². The second-order valence-electron chi connectivity index (χ2n) is 5.85. The van der Waals surface area contributed by atoms with Crippen molar-refractivity contribution < 1.29 is 4.74 Å². The lowest BCUT2D eigenvalue weighted by Crippen LogP contribution is -2.26. The predicted molar refractivity (Wildman–Crippen MR) is 87.1 cm³/mol. The molecule has 0 saturated heterocycles. The van der Waals surface area contributed by atoms with Gasteiger partial charge in [-0.15, -0.1) is 11.3 Å². The minimum atomic E-state index is 0.498. The first-order valence-electron chi connectivity index (χ1n) is 8.23. The third kappa shape index (κ3) is 4.87. The Bertz CT molecular complexity index is 377. The third-order valence-electron chi connectivity index (χ3n) is 4.25. The van der Waals surface area contributed by atoms with Crippen LogP contribution < -0.4 is 5.32 Å². The van der Waals surface area contributed by atoms with Gasteiger partial charge in [-0.1, -0.05) is 33.1 Å². The molecule has 1 aliphatic rings. The van der Waals surface area contributed by atoms with E-state index >= 15 is 0 Å². The lowest BCUT2D eigenvalue weighted by atomic mass is 9.85. The van der Waals surface area contributed by atoms with Gasteiger partial charge < -0.3 is 10.1 Å². The topological polar surface area (TPSA) is 21.3 Å². The van der Waals surface area contributed by atoms with Gasteiger partial charge in [0.05, 0.1) is 12.7 Å². The maximum Gasteiger partial charge on any atom is 0.0813 e. The second-order valence-corrected chi connectivity index (χ2v) is 7.10. The van der Waals surface area contributed by atoms with Gasteiger partial charge in [0.25, 0.3) is 0 Å². The van der Waals surface area contributed by atoms with Crippen molar-refractivity contribution in [3.8, 4) is 0 Å². The van der Waals surface area contributed by atoms with Crippen molar-refractivity contribution in [1.82, 2.24) is 5.32 Å². The molecular weight excluding hydrogens is 266 g/mol. The van der Waals surface area contributed by atoms with E-state index in [1.54, 1.807) is 0 Å². The Morgan fingerprint density at radius 2 is 2.00 bits per heavy atom. The fourth-order valence-corrected chi connectivity index (χ4v) is 3.94. The summed E-state index contributed by atoms with van der Waals surface area (Å²) >= 11 is 1.89. The molecule has 114 valence electrons. The van der Waals surface area contributed by atoms with Gasteiger partial charge in [0.15, 0.2) is 0 Å². The van der Waals surface area contributed by atoms with E-state index < -0.39 is 0 Å². The summed E-state index contributed by atoms with van der Waals surface area (Å²) in [5.74, 6) is 0.786. The van der Waals surface area contributed by atoms with Gasteiger partial charge in [0, 0.05) is 16.3 Å². The molecule has 0 aromatic carbocycles. The van der Waals surface area contributed by atoms with Crippen molar-refractivity contribution in [3.05, 3.63) is 21.9 Å². The van der Waals surface area contributed by atoms with E-state index in [1.165, 1.54) is 48.3 Å². The smallest absolute Gasteiger partial charge is 0.0813 e. The van der Waals surface area contributed by atoms with Crippen molar-refractivity contribution in [2.75, 3.05) is 6.54 Å². The average molecular weight is 295 g/mol. The van der Waals surface area contributed by atoms with Crippen molar-refractivity contribution in [2.45, 2.75) is 71.6 Å². The van der Waals surface area contributed by atoms with E-state index in [1.807, 2.05) is 11.3 Å². The fraction of sp³-hybridized carbons (Fsp3) is 0.765. The van der Waals surface area contributed by atoms with Crippen molar-refractivity contribution >= 4 is 11.3 Å². The van der Waals surface area contributed by atoms with Gasteiger partial charge in [-0.25, -0.2) is 0 Å². The number of thiophene rings is 1. The van der Waals surface area contributed by atoms with Gasteiger partial charge in [0.2, 0.25) is 0 Å². The SMILES string of the molecule is CCCNCc1ccc(COC2CCCCC2CC)s1. The van der Waals surface area contributed by atoms with Gasteiger partial charge in [-0.05, 0) is 43.9 Å². The van der Waals surface area contributed by atoms with Gasteiger partial charge in [0.1, 0.15) is 0 Å². The molecule has 1 fully saturated rings. The van der Waals surface area contributed by atoms with Gasteiger partial charge >= 0.3 is 0 Å². The summed E-state index contributed by atoms with van der Waals surface area (Å²) in [6.07, 6.45) is 8.31. The molecule has 1 aromatic heterocycles. The number of ether oxygens (including phenoxy) is 1. The fourth-order valence-electron chi connectivity index (χ4n) is 3.03. The van der Waals surface area contributed by atoms with Crippen molar-refractivity contribution in [1.29, 1.82) is 0 Å². The lowest BCUT2D eigenvalue weighted by Gasteiger charge is -2.30. The van der Waals surface area contributed by atoms with Crippen LogP contribution >= 0.6 is 11.3 Å². The minimum absolute atomic E-state index is 0.498. The molecule has 2 nitrogen and oxygen atoms in total. The normalized spacial score (nSPS) is 23.1. The van der Waals surface area contributed by atoms with Crippen LogP contribution in [0.1, 0.15) is 62.1 Å². The predicted octanol–water partition coefficient (Wildman–Crippen LogP) is 4.73. The standard InChI is InChI=1S/C17H29NOS/c1-3-11-18-12-15-9-10-16(20-15)13-19-17-8-6-5-7-14(17)4-2/h9-10,14,17-18H,3-8,11-13H2,1-2H3. The Labute approximate surface area is 127 Å². The van der Waals surface area contributed by atoms with Crippen LogP contribution in [0, 0.1) is 5.92 Å². The number of nitrogens with one attached hydrogen (secondary N) is 1. The minimum Gasteiger partial charge on any atom is -0.372 e. The molecule has 1 N–H and O–H groups in total. The first-order valence-corrected chi connectivity index (χ1v) is 9.05. The summed E-state index contributed by atoms with van der Waals surface area (Å²) in [7, 11) is 0. The summed E-state index contributed by atoms with van der Waals surface area (Å²) in [5.41, 5.74) is 0. The highest BCUT2D eigenvalue weighted by molar-refractivity contribution is 7.11. The molecule has 3 heteroatoms. The average Bonchev–Trinajstić information content (AvgIpc) is 2.93. The zero-order valence-corrected chi connectivity index (χ0v) is 13.8. The third-order valence-corrected chi connectivity index (χ3v) is 5.31.